The second-order valence-corrected chi connectivity index (χ2v) is 8.80. The van der Waals surface area contributed by atoms with Crippen LogP contribution in [0.15, 0.2) is 52.1 Å². The van der Waals surface area contributed by atoms with Gasteiger partial charge in [0.2, 0.25) is 0 Å². The van der Waals surface area contributed by atoms with Crippen molar-refractivity contribution in [2.24, 2.45) is 0 Å². The summed E-state index contributed by atoms with van der Waals surface area (Å²) in [5.74, 6) is -0.156. The summed E-state index contributed by atoms with van der Waals surface area (Å²) in [6.45, 7) is 5.62. The minimum Gasteiger partial charge on any atom is -0.310 e. The van der Waals surface area contributed by atoms with Crippen LogP contribution in [0.1, 0.15) is 30.0 Å². The summed E-state index contributed by atoms with van der Waals surface area (Å²) in [5.41, 5.74) is 2.28. The normalized spacial score (nSPS) is 19.4. The molecule has 2 aliphatic rings. The molecule has 0 saturated carbocycles. The first-order chi connectivity index (χ1) is 15.0. The van der Waals surface area contributed by atoms with Crippen LogP contribution in [0.4, 0.5) is 4.39 Å². The quantitative estimate of drug-likeness (QED) is 0.686. The van der Waals surface area contributed by atoms with E-state index < -0.39 is 0 Å². The molecular formula is C24H27FN4O2. The van der Waals surface area contributed by atoms with E-state index in [1.807, 2.05) is 12.1 Å². The maximum Gasteiger partial charge on any atom is 0.252 e. The molecule has 6 nitrogen and oxygen atoms in total. The van der Waals surface area contributed by atoms with E-state index in [2.05, 4.69) is 10.2 Å². The largest absolute Gasteiger partial charge is 0.310 e. The average molecular weight is 423 g/mol. The van der Waals surface area contributed by atoms with Gasteiger partial charge in [0.25, 0.3) is 11.1 Å². The van der Waals surface area contributed by atoms with Crippen LogP contribution >= 0.6 is 0 Å². The van der Waals surface area contributed by atoms with Crippen molar-refractivity contribution in [1.82, 2.24) is 19.4 Å². The van der Waals surface area contributed by atoms with E-state index in [9.17, 15) is 14.0 Å². The highest BCUT2D eigenvalue weighted by atomic mass is 19.1. The van der Waals surface area contributed by atoms with Crippen molar-refractivity contribution in [3.63, 3.8) is 0 Å². The van der Waals surface area contributed by atoms with Gasteiger partial charge in [-0.3, -0.25) is 18.7 Å². The Morgan fingerprint density at radius 2 is 1.77 bits per heavy atom. The Hall–Kier alpha value is -2.77. The summed E-state index contributed by atoms with van der Waals surface area (Å²) in [4.78, 5) is 27.3. The van der Waals surface area contributed by atoms with E-state index in [1.165, 1.54) is 0 Å². The second-order valence-electron chi connectivity index (χ2n) is 8.80. The van der Waals surface area contributed by atoms with Crippen LogP contribution in [0.2, 0.25) is 0 Å². The molecule has 0 radical (unpaired) electrons. The van der Waals surface area contributed by atoms with Gasteiger partial charge in [0.05, 0.1) is 6.04 Å². The highest BCUT2D eigenvalue weighted by Gasteiger charge is 2.29. The minimum atomic E-state index is -0.156. The van der Waals surface area contributed by atoms with Crippen molar-refractivity contribution in [2.45, 2.75) is 44.9 Å². The lowest BCUT2D eigenvalue weighted by molar-refractivity contribution is 0.171. The fourth-order valence-electron chi connectivity index (χ4n) is 4.92. The zero-order valence-electron chi connectivity index (χ0n) is 17.7. The molecule has 31 heavy (non-hydrogen) atoms. The molecule has 3 aromatic rings. The van der Waals surface area contributed by atoms with Gasteiger partial charge in [-0.15, -0.1) is 0 Å². The topological polar surface area (TPSA) is 59.3 Å². The summed E-state index contributed by atoms with van der Waals surface area (Å²) >= 11 is 0. The van der Waals surface area contributed by atoms with E-state index in [-0.39, 0.29) is 23.0 Å². The standard InChI is InChI=1S/C24H27FN4O2/c1-16-2-3-17(12-21(16)25)13-26-19-8-10-27(11-9-19)14-20-15-28-22(30)6-4-18-5-7-23(31)29(20)24(18)28/h2-7,12,19-20,26H,8-11,13-15H2,1H3/t20-/m1/s1. The Balaban J connectivity index is 1.21. The maximum absolute atomic E-state index is 13.7. The van der Waals surface area contributed by atoms with Gasteiger partial charge < -0.3 is 10.2 Å². The third-order valence-corrected chi connectivity index (χ3v) is 6.70. The van der Waals surface area contributed by atoms with Gasteiger partial charge >= 0.3 is 0 Å². The van der Waals surface area contributed by atoms with E-state index in [0.29, 0.717) is 24.7 Å². The average Bonchev–Trinajstić information content (AvgIpc) is 3.15. The number of aromatic nitrogens is 2. The molecule has 7 heteroatoms. The Bertz CT molecular complexity index is 1240. The van der Waals surface area contributed by atoms with Gasteiger partial charge in [-0.2, -0.15) is 0 Å². The van der Waals surface area contributed by atoms with Crippen molar-refractivity contribution < 1.29 is 4.39 Å². The van der Waals surface area contributed by atoms with Crippen molar-refractivity contribution in [1.29, 1.82) is 0 Å². The monoisotopic (exact) mass is 422 g/mol. The number of nitrogens with zero attached hydrogens (tertiary/aromatic N) is 3. The molecule has 2 aromatic heterocycles. The van der Waals surface area contributed by atoms with E-state index >= 15 is 0 Å². The third-order valence-electron chi connectivity index (χ3n) is 6.70. The Labute approximate surface area is 179 Å². The lowest BCUT2D eigenvalue weighted by Crippen LogP contribution is -2.44. The third kappa shape index (κ3) is 3.83. The Morgan fingerprint density at radius 1 is 1.03 bits per heavy atom. The summed E-state index contributed by atoms with van der Waals surface area (Å²) < 4.78 is 17.3. The smallest absolute Gasteiger partial charge is 0.252 e. The number of pyridine rings is 2. The van der Waals surface area contributed by atoms with Crippen molar-refractivity contribution in [3.05, 3.63) is 80.1 Å². The number of likely N-dealkylation sites (tertiary alicyclic amines) is 1. The number of aryl methyl sites for hydroxylation is 1. The number of benzene rings is 1. The fraction of sp³-hybridized carbons (Fsp3) is 0.417. The zero-order chi connectivity index (χ0) is 21.5. The maximum atomic E-state index is 13.7. The number of piperidine rings is 1. The first-order valence-electron chi connectivity index (χ1n) is 11.0. The van der Waals surface area contributed by atoms with Crippen LogP contribution in [0.3, 0.4) is 0 Å². The highest BCUT2D eigenvalue weighted by Crippen LogP contribution is 2.25. The van der Waals surface area contributed by atoms with Gasteiger partial charge in [-0.25, -0.2) is 4.39 Å². The molecule has 0 bridgehead atoms. The molecule has 0 amide bonds. The molecule has 0 aliphatic carbocycles. The Kier molecular flexibility index (Phi) is 5.24. The summed E-state index contributed by atoms with van der Waals surface area (Å²) in [5, 5.41) is 4.48. The molecule has 1 fully saturated rings. The zero-order valence-corrected chi connectivity index (χ0v) is 17.7. The van der Waals surface area contributed by atoms with Crippen LogP contribution in [0, 0.1) is 12.7 Å². The predicted octanol–water partition coefficient (Wildman–Crippen LogP) is 2.42. The molecule has 5 rings (SSSR count). The molecule has 2 aliphatic heterocycles. The van der Waals surface area contributed by atoms with Crippen LogP contribution < -0.4 is 16.4 Å². The van der Waals surface area contributed by atoms with E-state index in [4.69, 9.17) is 0 Å². The number of halogens is 1. The van der Waals surface area contributed by atoms with Crippen LogP contribution in [-0.4, -0.2) is 39.7 Å². The van der Waals surface area contributed by atoms with Gasteiger partial charge in [0.15, 0.2) is 0 Å². The molecule has 1 saturated heterocycles. The van der Waals surface area contributed by atoms with Crippen molar-refractivity contribution in [3.8, 4) is 0 Å². The van der Waals surface area contributed by atoms with Gasteiger partial charge in [0.1, 0.15) is 11.5 Å². The van der Waals surface area contributed by atoms with Crippen LogP contribution in [0.25, 0.3) is 11.0 Å². The molecule has 0 spiro atoms. The molecule has 162 valence electrons. The van der Waals surface area contributed by atoms with E-state index in [1.54, 1.807) is 46.4 Å². The lowest BCUT2D eigenvalue weighted by atomic mass is 10.0. The fourth-order valence-corrected chi connectivity index (χ4v) is 4.92. The van der Waals surface area contributed by atoms with E-state index in [0.717, 1.165) is 49.1 Å². The first-order valence-corrected chi connectivity index (χ1v) is 11.0. The molecule has 1 aromatic carbocycles. The molecule has 0 unspecified atom stereocenters. The summed E-state index contributed by atoms with van der Waals surface area (Å²) in [7, 11) is 0. The summed E-state index contributed by atoms with van der Waals surface area (Å²) in [6, 6.07) is 12.5. The number of nitrogens with one attached hydrogen (secondary N) is 1. The molecular weight excluding hydrogens is 395 g/mol. The molecule has 1 N–H and O–H groups in total. The lowest BCUT2D eigenvalue weighted by Gasteiger charge is -2.34. The number of hydrogen-bond acceptors (Lipinski definition) is 4. The summed E-state index contributed by atoms with van der Waals surface area (Å²) in [6.07, 6.45) is 2.01. The van der Waals surface area contributed by atoms with Gasteiger partial charge in [-0.05, 0) is 62.2 Å². The van der Waals surface area contributed by atoms with Crippen LogP contribution in [-0.2, 0) is 13.1 Å². The van der Waals surface area contributed by atoms with Crippen molar-refractivity contribution >= 4 is 11.0 Å². The minimum absolute atomic E-state index is 0.0219. The first kappa shape index (κ1) is 20.2. The second kappa shape index (κ2) is 8.05. The SMILES string of the molecule is Cc1ccc(CNC2CCN(C[C@@H]3Cn4c(=O)ccc5ccc(=O)n3c54)CC2)cc1F. The number of rotatable bonds is 5. The Morgan fingerprint density at radius 3 is 2.52 bits per heavy atom. The van der Waals surface area contributed by atoms with Gasteiger partial charge in [0, 0.05) is 43.2 Å². The molecule has 1 atom stereocenters. The van der Waals surface area contributed by atoms with Crippen molar-refractivity contribution in [2.75, 3.05) is 19.6 Å². The van der Waals surface area contributed by atoms with Crippen LogP contribution in [0.5, 0.6) is 0 Å². The highest BCUT2D eigenvalue weighted by molar-refractivity contribution is 5.76. The predicted molar refractivity (Wildman–Crippen MR) is 119 cm³/mol. The number of hydrogen-bond donors (Lipinski definition) is 1. The molecule has 4 heterocycles. The van der Waals surface area contributed by atoms with Gasteiger partial charge in [-0.1, -0.05) is 12.1 Å².